The Kier molecular flexibility index (Phi) is 6.89. The second-order valence-electron chi connectivity index (χ2n) is 8.97. The van der Waals surface area contributed by atoms with Crippen molar-refractivity contribution in [3.63, 3.8) is 0 Å². The zero-order chi connectivity index (χ0) is 26.3. The number of amides is 1. The third-order valence-electron chi connectivity index (χ3n) is 6.75. The maximum atomic E-state index is 14.0. The van der Waals surface area contributed by atoms with E-state index in [1.165, 1.54) is 6.07 Å². The number of benzene rings is 2. The van der Waals surface area contributed by atoms with Crippen LogP contribution in [-0.2, 0) is 0 Å². The zero-order valence-corrected chi connectivity index (χ0v) is 21.3. The van der Waals surface area contributed by atoms with Crippen LogP contribution in [0.25, 0.3) is 0 Å². The second kappa shape index (κ2) is 9.98. The number of hydrogen-bond donors (Lipinski definition) is 1. The van der Waals surface area contributed by atoms with Crippen molar-refractivity contribution in [3.05, 3.63) is 69.8 Å². The summed E-state index contributed by atoms with van der Waals surface area (Å²) in [6.07, 6.45) is -4.86. The van der Waals surface area contributed by atoms with Crippen LogP contribution in [-0.4, -0.2) is 60.1 Å². The van der Waals surface area contributed by atoms with Gasteiger partial charge in [-0.05, 0) is 29.8 Å². The molecule has 2 atom stereocenters. The number of nitrogens with zero attached hydrogens (tertiary/aromatic N) is 4. The average Bonchev–Trinajstić information content (AvgIpc) is 3.33. The van der Waals surface area contributed by atoms with E-state index in [9.17, 15) is 18.0 Å². The Labute approximate surface area is 221 Å². The van der Waals surface area contributed by atoms with Crippen molar-refractivity contribution in [3.8, 4) is 5.75 Å². The van der Waals surface area contributed by atoms with Gasteiger partial charge in [0.15, 0.2) is 11.7 Å². The number of hydrogen-bond acceptors (Lipinski definition) is 5. The lowest BCUT2D eigenvalue weighted by molar-refractivity contribution is -0.173. The lowest BCUT2D eigenvalue weighted by atomic mass is 9.97. The Morgan fingerprint density at radius 2 is 1.78 bits per heavy atom. The van der Waals surface area contributed by atoms with Crippen LogP contribution >= 0.6 is 23.2 Å². The van der Waals surface area contributed by atoms with Gasteiger partial charge in [-0.25, -0.2) is 4.68 Å². The molecule has 37 heavy (non-hydrogen) atoms. The first-order valence-corrected chi connectivity index (χ1v) is 12.5. The molecule has 0 saturated carbocycles. The van der Waals surface area contributed by atoms with Crippen LogP contribution in [0.1, 0.15) is 34.6 Å². The van der Waals surface area contributed by atoms with E-state index in [2.05, 4.69) is 15.3 Å². The molecule has 1 aromatic heterocycles. The molecule has 1 amide bonds. The van der Waals surface area contributed by atoms with Gasteiger partial charge in [0.1, 0.15) is 11.6 Å². The fourth-order valence-electron chi connectivity index (χ4n) is 4.83. The van der Waals surface area contributed by atoms with Crippen LogP contribution in [0.4, 0.5) is 24.7 Å². The van der Waals surface area contributed by atoms with E-state index >= 15 is 0 Å². The predicted octanol–water partition coefficient (Wildman–Crippen LogP) is 5.82. The van der Waals surface area contributed by atoms with Crippen LogP contribution in [0, 0.1) is 0 Å². The van der Waals surface area contributed by atoms with Crippen molar-refractivity contribution in [2.75, 3.05) is 43.5 Å². The van der Waals surface area contributed by atoms with Crippen molar-refractivity contribution < 1.29 is 22.7 Å². The molecule has 0 radical (unpaired) electrons. The number of fused-ring (bicyclic) bond motifs is 1. The summed E-state index contributed by atoms with van der Waals surface area (Å²) in [6.45, 7) is 1.92. The van der Waals surface area contributed by atoms with Crippen molar-refractivity contribution >= 4 is 40.6 Å². The van der Waals surface area contributed by atoms with Gasteiger partial charge in [0.05, 0.1) is 28.9 Å². The van der Waals surface area contributed by atoms with E-state index in [-0.39, 0.29) is 23.0 Å². The third-order valence-corrected chi connectivity index (χ3v) is 7.49. The summed E-state index contributed by atoms with van der Waals surface area (Å²) >= 11 is 12.1. The van der Waals surface area contributed by atoms with Gasteiger partial charge in [0.25, 0.3) is 5.91 Å². The summed E-state index contributed by atoms with van der Waals surface area (Å²) in [7, 11) is 1.60. The van der Waals surface area contributed by atoms with Gasteiger partial charge in [0, 0.05) is 38.7 Å². The number of alkyl halides is 3. The van der Waals surface area contributed by atoms with Gasteiger partial charge in [-0.2, -0.15) is 18.3 Å². The first kappa shape index (κ1) is 25.5. The maximum Gasteiger partial charge on any atom is 0.410 e. The fraction of sp³-hybridized carbons (Fsp3) is 0.360. The summed E-state index contributed by atoms with van der Waals surface area (Å²) in [5, 5.41) is 7.76. The molecule has 7 nitrogen and oxygen atoms in total. The topological polar surface area (TPSA) is 62.6 Å². The van der Waals surface area contributed by atoms with Crippen LogP contribution in [0.3, 0.4) is 0 Å². The number of nitrogens with one attached hydrogen (secondary N) is 1. The maximum absolute atomic E-state index is 14.0. The van der Waals surface area contributed by atoms with Gasteiger partial charge in [0.2, 0.25) is 0 Å². The Bertz CT molecular complexity index is 1310. The normalized spacial score (nSPS) is 19.8. The molecule has 0 spiro atoms. The number of carbonyl (C=O) groups is 1. The van der Waals surface area contributed by atoms with Crippen LogP contribution < -0.4 is 15.0 Å². The van der Waals surface area contributed by atoms with Crippen molar-refractivity contribution in [1.82, 2.24) is 14.7 Å². The quantitative estimate of drug-likeness (QED) is 0.441. The molecule has 196 valence electrons. The highest BCUT2D eigenvalue weighted by Crippen LogP contribution is 2.44. The Balaban J connectivity index is 1.35. The number of rotatable bonds is 4. The lowest BCUT2D eigenvalue weighted by Crippen LogP contribution is -2.49. The van der Waals surface area contributed by atoms with Crippen molar-refractivity contribution in [1.29, 1.82) is 0 Å². The summed E-state index contributed by atoms with van der Waals surface area (Å²) in [5.74, 6) is 0.459. The molecular formula is C25H24Cl2F3N5O2. The second-order valence-corrected chi connectivity index (χ2v) is 9.79. The minimum absolute atomic E-state index is 0.0303. The largest absolute Gasteiger partial charge is 0.495 e. The van der Waals surface area contributed by atoms with Crippen molar-refractivity contribution in [2.24, 2.45) is 0 Å². The monoisotopic (exact) mass is 553 g/mol. The smallest absolute Gasteiger partial charge is 0.410 e. The van der Waals surface area contributed by atoms with E-state index in [1.54, 1.807) is 30.2 Å². The summed E-state index contributed by atoms with van der Waals surface area (Å²) in [6, 6.07) is 11.2. The molecule has 3 aromatic rings. The molecule has 0 bridgehead atoms. The molecule has 1 N–H and O–H groups in total. The number of anilines is 2. The molecule has 5 rings (SSSR count). The molecule has 12 heteroatoms. The molecule has 2 aliphatic heterocycles. The molecule has 1 saturated heterocycles. The number of methoxy groups -OCH3 is 1. The Hall–Kier alpha value is -3.11. The molecule has 0 aliphatic carbocycles. The van der Waals surface area contributed by atoms with Gasteiger partial charge < -0.3 is 19.9 Å². The van der Waals surface area contributed by atoms with Crippen LogP contribution in [0.2, 0.25) is 10.0 Å². The third kappa shape index (κ3) is 5.04. The Morgan fingerprint density at radius 1 is 1.05 bits per heavy atom. The molecule has 3 heterocycles. The highest BCUT2D eigenvalue weighted by atomic mass is 35.5. The number of carbonyl (C=O) groups excluding carboxylic acids is 1. The molecule has 2 aromatic carbocycles. The fourth-order valence-corrected chi connectivity index (χ4v) is 5.14. The van der Waals surface area contributed by atoms with Crippen LogP contribution in [0.5, 0.6) is 5.75 Å². The Morgan fingerprint density at radius 3 is 2.46 bits per heavy atom. The predicted molar refractivity (Wildman–Crippen MR) is 136 cm³/mol. The number of aromatic nitrogens is 2. The van der Waals surface area contributed by atoms with Gasteiger partial charge >= 0.3 is 6.18 Å². The van der Waals surface area contributed by atoms with E-state index in [0.29, 0.717) is 36.8 Å². The first-order valence-electron chi connectivity index (χ1n) is 11.7. The highest BCUT2D eigenvalue weighted by Gasteiger charge is 2.47. The van der Waals surface area contributed by atoms with Gasteiger partial charge in [-0.3, -0.25) is 4.79 Å². The van der Waals surface area contributed by atoms with Crippen molar-refractivity contribution in [2.45, 2.75) is 24.7 Å². The minimum Gasteiger partial charge on any atom is -0.495 e. The first-order chi connectivity index (χ1) is 17.7. The van der Waals surface area contributed by atoms with E-state index in [1.807, 2.05) is 24.3 Å². The molecule has 1 fully saturated rings. The number of para-hydroxylation sites is 2. The van der Waals surface area contributed by atoms with Gasteiger partial charge in [-0.1, -0.05) is 41.4 Å². The zero-order valence-electron chi connectivity index (χ0n) is 19.8. The summed E-state index contributed by atoms with van der Waals surface area (Å²) in [4.78, 5) is 17.0. The number of piperazine rings is 1. The molecule has 2 aliphatic rings. The summed E-state index contributed by atoms with van der Waals surface area (Å²) in [5.41, 5.74) is 1.47. The highest BCUT2D eigenvalue weighted by molar-refractivity contribution is 6.42. The summed E-state index contributed by atoms with van der Waals surface area (Å²) < 4.78 is 48.4. The van der Waals surface area contributed by atoms with Crippen LogP contribution in [0.15, 0.2) is 48.5 Å². The standard InChI is InChI=1S/C25H24Cl2F3N5O2/c1-37-21-5-3-2-4-20(21)33-8-10-34(11-9-33)24(36)19-14-23-31-18(15-6-7-16(26)17(27)12-15)13-22(25(28,29)30)35(23)32-19/h2-7,12,14,18,22,31H,8-11,13H2,1H3/t18-,22+/m1/s1. The average molecular weight is 554 g/mol. The van der Waals surface area contributed by atoms with E-state index in [0.717, 1.165) is 16.1 Å². The van der Waals surface area contributed by atoms with Gasteiger partial charge in [-0.15, -0.1) is 0 Å². The van der Waals surface area contributed by atoms with E-state index in [4.69, 9.17) is 27.9 Å². The molecular weight excluding hydrogens is 530 g/mol. The molecule has 0 unspecified atom stereocenters. The number of ether oxygens (including phenoxy) is 1. The van der Waals surface area contributed by atoms with E-state index < -0.39 is 24.2 Å². The lowest BCUT2D eigenvalue weighted by Gasteiger charge is -2.36. The SMILES string of the molecule is COc1ccccc1N1CCN(C(=O)c2cc3n(n2)[C@H](C(F)(F)F)C[C@H](c2ccc(Cl)c(Cl)c2)N3)CC1. The minimum atomic E-state index is -4.56. The number of halogens is 5.